The molecule has 5 nitrogen and oxygen atoms in total. The maximum atomic E-state index is 13.6. The summed E-state index contributed by atoms with van der Waals surface area (Å²) in [7, 11) is 1.67. The number of nitrogens with two attached hydrogens (primary N) is 1. The molecule has 0 unspecified atom stereocenters. The Morgan fingerprint density at radius 3 is 2.38 bits per heavy atom. The van der Waals surface area contributed by atoms with Gasteiger partial charge in [0.25, 0.3) is 5.91 Å². The minimum atomic E-state index is -0.200. The number of rotatable bonds is 7. The third-order valence-electron chi connectivity index (χ3n) is 7.31. The zero-order valence-electron chi connectivity index (χ0n) is 23.1. The lowest BCUT2D eigenvalue weighted by atomic mass is 9.87. The van der Waals surface area contributed by atoms with E-state index in [-0.39, 0.29) is 11.4 Å². The number of aromatic nitrogens is 1. The second kappa shape index (κ2) is 12.8. The Morgan fingerprint density at radius 2 is 1.84 bits per heavy atom. The van der Waals surface area contributed by atoms with Crippen molar-refractivity contribution in [2.24, 2.45) is 11.7 Å². The van der Waals surface area contributed by atoms with Gasteiger partial charge < -0.3 is 20.4 Å². The lowest BCUT2D eigenvalue weighted by Gasteiger charge is -2.19. The van der Waals surface area contributed by atoms with Crippen LogP contribution in [0.3, 0.4) is 0 Å². The molecule has 1 aromatic heterocycles. The first-order chi connectivity index (χ1) is 17.8. The van der Waals surface area contributed by atoms with Gasteiger partial charge in [-0.05, 0) is 76.0 Å². The molecule has 2 saturated carbocycles. The summed E-state index contributed by atoms with van der Waals surface area (Å²) in [5.74, 6) is 7.32. The third kappa shape index (κ3) is 6.96. The Hall–Kier alpha value is -3.23. The molecule has 4 rings (SSSR count). The Morgan fingerprint density at radius 1 is 1.22 bits per heavy atom. The molecule has 0 radical (unpaired) electrons. The van der Waals surface area contributed by atoms with Gasteiger partial charge in [0.15, 0.2) is 0 Å². The van der Waals surface area contributed by atoms with Crippen molar-refractivity contribution < 1.29 is 9.53 Å². The number of amides is 1. The summed E-state index contributed by atoms with van der Waals surface area (Å²) in [6.45, 7) is 14.0. The quantitative estimate of drug-likeness (QED) is 0.313. The Kier molecular flexibility index (Phi) is 9.83. The number of nitrogens with zero attached hydrogens (tertiary/aromatic N) is 1. The molecule has 0 bridgehead atoms. The SMILES string of the molecule is C=C(N)c1c(C(=O)Nc2ccc(COC)cc2)c(C#CCC2CCCCC2)n(C2(C)CC2)c1C.C=CC. The molecule has 2 aliphatic carbocycles. The van der Waals surface area contributed by atoms with Gasteiger partial charge in [0.05, 0.1) is 12.2 Å². The van der Waals surface area contributed by atoms with Gasteiger partial charge in [-0.15, -0.1) is 6.58 Å². The minimum Gasteiger partial charge on any atom is -0.399 e. The number of nitrogens with one attached hydrogen (secondary N) is 1. The monoisotopic (exact) mass is 501 g/mol. The smallest absolute Gasteiger partial charge is 0.259 e. The van der Waals surface area contributed by atoms with E-state index in [0.717, 1.165) is 41.9 Å². The summed E-state index contributed by atoms with van der Waals surface area (Å²) in [4.78, 5) is 13.6. The molecule has 2 aromatic rings. The van der Waals surface area contributed by atoms with E-state index in [9.17, 15) is 4.79 Å². The zero-order chi connectivity index (χ0) is 27.0. The van der Waals surface area contributed by atoms with Crippen LogP contribution < -0.4 is 11.1 Å². The molecule has 198 valence electrons. The van der Waals surface area contributed by atoms with Gasteiger partial charge in [0.1, 0.15) is 5.69 Å². The van der Waals surface area contributed by atoms with Crippen LogP contribution in [0.1, 0.15) is 98.1 Å². The van der Waals surface area contributed by atoms with Crippen molar-refractivity contribution in [2.75, 3.05) is 12.4 Å². The van der Waals surface area contributed by atoms with Crippen LogP contribution in [0.5, 0.6) is 0 Å². The molecule has 0 aliphatic heterocycles. The van der Waals surface area contributed by atoms with Crippen LogP contribution in [-0.4, -0.2) is 17.6 Å². The number of anilines is 1. The predicted molar refractivity (Wildman–Crippen MR) is 154 cm³/mol. The first kappa shape index (κ1) is 28.3. The van der Waals surface area contributed by atoms with Gasteiger partial charge >= 0.3 is 0 Å². The summed E-state index contributed by atoms with van der Waals surface area (Å²) in [5, 5.41) is 3.06. The van der Waals surface area contributed by atoms with Gasteiger partial charge in [0.2, 0.25) is 0 Å². The summed E-state index contributed by atoms with van der Waals surface area (Å²) >= 11 is 0. The molecular formula is C32H43N3O2. The average Bonchev–Trinajstić information content (AvgIpc) is 3.53. The average molecular weight is 502 g/mol. The molecule has 2 aliphatic rings. The number of carbonyl (C=O) groups is 1. The van der Waals surface area contributed by atoms with Crippen LogP contribution in [0.2, 0.25) is 0 Å². The van der Waals surface area contributed by atoms with Crippen LogP contribution in [0.25, 0.3) is 5.70 Å². The van der Waals surface area contributed by atoms with Crippen molar-refractivity contribution in [1.29, 1.82) is 0 Å². The molecule has 0 spiro atoms. The number of allylic oxidation sites excluding steroid dienone is 1. The van der Waals surface area contributed by atoms with Gasteiger partial charge in [-0.3, -0.25) is 4.79 Å². The van der Waals surface area contributed by atoms with Gasteiger partial charge in [0, 0.05) is 41.7 Å². The van der Waals surface area contributed by atoms with E-state index in [1.165, 1.54) is 32.1 Å². The fourth-order valence-electron chi connectivity index (χ4n) is 5.22. The third-order valence-corrected chi connectivity index (χ3v) is 7.31. The largest absolute Gasteiger partial charge is 0.399 e. The second-order valence-corrected chi connectivity index (χ2v) is 10.5. The summed E-state index contributed by atoms with van der Waals surface area (Å²) in [6.07, 6.45) is 11.2. The molecule has 0 atom stereocenters. The molecule has 37 heavy (non-hydrogen) atoms. The second-order valence-electron chi connectivity index (χ2n) is 10.5. The maximum Gasteiger partial charge on any atom is 0.259 e. The first-order valence-corrected chi connectivity index (χ1v) is 13.4. The van der Waals surface area contributed by atoms with Crippen LogP contribution in [0.4, 0.5) is 5.69 Å². The van der Waals surface area contributed by atoms with Crippen LogP contribution in [-0.2, 0) is 16.9 Å². The fourth-order valence-corrected chi connectivity index (χ4v) is 5.22. The Bertz CT molecular complexity index is 1170. The zero-order valence-corrected chi connectivity index (χ0v) is 23.1. The van der Waals surface area contributed by atoms with Crippen molar-refractivity contribution in [3.8, 4) is 11.8 Å². The van der Waals surface area contributed by atoms with Crippen LogP contribution in [0, 0.1) is 24.7 Å². The highest BCUT2D eigenvalue weighted by Gasteiger charge is 2.43. The Labute approximate surface area is 223 Å². The normalized spacial score (nSPS) is 16.0. The summed E-state index contributed by atoms with van der Waals surface area (Å²) < 4.78 is 7.42. The number of ether oxygens (including phenoxy) is 1. The molecule has 3 N–H and O–H groups in total. The lowest BCUT2D eigenvalue weighted by molar-refractivity contribution is 0.102. The highest BCUT2D eigenvalue weighted by molar-refractivity contribution is 6.09. The van der Waals surface area contributed by atoms with E-state index >= 15 is 0 Å². The van der Waals surface area contributed by atoms with Crippen LogP contribution >= 0.6 is 0 Å². The molecule has 2 fully saturated rings. The van der Waals surface area contributed by atoms with E-state index in [1.807, 2.05) is 38.1 Å². The summed E-state index contributed by atoms with van der Waals surface area (Å²) in [6, 6.07) is 7.69. The predicted octanol–water partition coefficient (Wildman–Crippen LogP) is 7.15. The molecule has 1 aromatic carbocycles. The highest BCUT2D eigenvalue weighted by atomic mass is 16.5. The van der Waals surface area contributed by atoms with E-state index in [0.29, 0.717) is 29.3 Å². The number of hydrogen-bond donors (Lipinski definition) is 2. The number of methoxy groups -OCH3 is 1. The fraction of sp³-hybridized carbons (Fsp3) is 0.469. The van der Waals surface area contributed by atoms with Crippen molar-refractivity contribution in [3.63, 3.8) is 0 Å². The van der Waals surface area contributed by atoms with Crippen molar-refractivity contribution in [2.45, 2.75) is 84.3 Å². The summed E-state index contributed by atoms with van der Waals surface area (Å²) in [5.41, 5.74) is 11.4. The topological polar surface area (TPSA) is 69.3 Å². The molecule has 5 heteroatoms. The van der Waals surface area contributed by atoms with E-state index < -0.39 is 0 Å². The number of benzene rings is 1. The lowest BCUT2D eigenvalue weighted by Crippen LogP contribution is -2.18. The van der Waals surface area contributed by atoms with E-state index in [2.05, 4.69) is 41.8 Å². The van der Waals surface area contributed by atoms with Gasteiger partial charge in [-0.2, -0.15) is 0 Å². The number of carbonyl (C=O) groups excluding carboxylic acids is 1. The van der Waals surface area contributed by atoms with Gasteiger partial charge in [-0.25, -0.2) is 0 Å². The first-order valence-electron chi connectivity index (χ1n) is 13.4. The minimum absolute atomic E-state index is 0.0243. The van der Waals surface area contributed by atoms with Crippen molar-refractivity contribution in [3.05, 3.63) is 71.6 Å². The van der Waals surface area contributed by atoms with E-state index in [4.69, 9.17) is 10.5 Å². The molecule has 1 amide bonds. The molecular weight excluding hydrogens is 458 g/mol. The Balaban J connectivity index is 0.00000121. The molecule has 1 heterocycles. The van der Waals surface area contributed by atoms with Crippen molar-refractivity contribution >= 4 is 17.3 Å². The highest BCUT2D eigenvalue weighted by Crippen LogP contribution is 2.47. The standard InChI is InChI=1S/C29H37N3O2.C3H6/c1-20(30)26-21(2)32(29(3)17-18-29)25(12-8-11-22-9-6-5-7-10-22)27(26)28(33)31-24-15-13-23(14-16-24)19-34-4;1-3-2/h13-16,22H,1,5-7,9-11,17-19,30H2,2-4H3,(H,31,33);3H,1H2,2H3. The van der Waals surface area contributed by atoms with E-state index in [1.54, 1.807) is 13.2 Å². The van der Waals surface area contributed by atoms with Gasteiger partial charge in [-0.1, -0.05) is 50.0 Å². The molecule has 0 saturated heterocycles. The maximum absolute atomic E-state index is 13.6. The van der Waals surface area contributed by atoms with Crippen LogP contribution in [0.15, 0.2) is 43.5 Å². The number of hydrogen-bond acceptors (Lipinski definition) is 3. The van der Waals surface area contributed by atoms with Crippen molar-refractivity contribution in [1.82, 2.24) is 4.57 Å².